The van der Waals surface area contributed by atoms with Crippen LogP contribution in [0.1, 0.15) is 40.2 Å². The number of phenolic OH excluding ortho intramolecular Hbond substituents is 5. The Balaban J connectivity index is 2.17. The van der Waals surface area contributed by atoms with Gasteiger partial charge in [-0.15, -0.1) is 11.8 Å². The molecule has 9 nitrogen and oxygen atoms in total. The SMILES string of the molecule is CC(SCCO)c1c(O)cc(O)c2c1OC(c1cc(O)c(O)c(O)c1)C(O)C2SCCO. The van der Waals surface area contributed by atoms with Gasteiger partial charge in [0.25, 0.3) is 0 Å². The number of ether oxygens (including phenoxy) is 1. The summed E-state index contributed by atoms with van der Waals surface area (Å²) < 4.78 is 6.06. The Labute approximate surface area is 192 Å². The first-order chi connectivity index (χ1) is 15.2. The second kappa shape index (κ2) is 10.2. The monoisotopic (exact) mass is 486 g/mol. The maximum atomic E-state index is 11.1. The van der Waals surface area contributed by atoms with Gasteiger partial charge in [-0.05, 0) is 19.1 Å². The van der Waals surface area contributed by atoms with E-state index in [4.69, 9.17) is 4.74 Å². The number of benzene rings is 2. The Kier molecular flexibility index (Phi) is 7.78. The van der Waals surface area contributed by atoms with Crippen molar-refractivity contribution >= 4 is 23.5 Å². The first-order valence-corrected chi connectivity index (χ1v) is 11.9. The lowest BCUT2D eigenvalue weighted by Crippen LogP contribution is -2.34. The number of hydrogen-bond donors (Lipinski definition) is 8. The van der Waals surface area contributed by atoms with E-state index >= 15 is 0 Å². The van der Waals surface area contributed by atoms with Crippen LogP contribution in [0.5, 0.6) is 34.5 Å². The van der Waals surface area contributed by atoms with E-state index in [9.17, 15) is 40.9 Å². The molecule has 0 radical (unpaired) electrons. The van der Waals surface area contributed by atoms with Crippen LogP contribution in [0.25, 0.3) is 0 Å². The third-order valence-corrected chi connectivity index (χ3v) is 7.59. The highest BCUT2D eigenvalue weighted by Crippen LogP contribution is 2.57. The molecule has 8 N–H and O–H groups in total. The summed E-state index contributed by atoms with van der Waals surface area (Å²) in [6, 6.07) is 3.47. The van der Waals surface area contributed by atoms with Gasteiger partial charge in [0, 0.05) is 33.9 Å². The Morgan fingerprint density at radius 3 is 2.12 bits per heavy atom. The van der Waals surface area contributed by atoms with Crippen LogP contribution >= 0.6 is 23.5 Å². The minimum atomic E-state index is -1.27. The number of hydrogen-bond acceptors (Lipinski definition) is 11. The lowest BCUT2D eigenvalue weighted by Gasteiger charge is -2.38. The third-order valence-electron chi connectivity index (χ3n) is 5.14. The van der Waals surface area contributed by atoms with Gasteiger partial charge in [-0.3, -0.25) is 0 Å². The fourth-order valence-corrected chi connectivity index (χ4v) is 5.66. The minimum absolute atomic E-state index is 0.0702. The molecule has 0 bridgehead atoms. The molecule has 4 unspecified atom stereocenters. The molecule has 2 aromatic rings. The van der Waals surface area contributed by atoms with Gasteiger partial charge in [-0.25, -0.2) is 0 Å². The van der Waals surface area contributed by atoms with Crippen molar-refractivity contribution in [2.24, 2.45) is 0 Å². The van der Waals surface area contributed by atoms with E-state index in [0.29, 0.717) is 11.3 Å². The van der Waals surface area contributed by atoms with Crippen molar-refractivity contribution in [2.75, 3.05) is 24.7 Å². The van der Waals surface area contributed by atoms with Crippen molar-refractivity contribution in [3.63, 3.8) is 0 Å². The summed E-state index contributed by atoms with van der Waals surface area (Å²) in [6.07, 6.45) is -2.41. The molecule has 176 valence electrons. The zero-order valence-corrected chi connectivity index (χ0v) is 18.8. The van der Waals surface area contributed by atoms with Crippen LogP contribution < -0.4 is 4.74 Å². The second-order valence-electron chi connectivity index (χ2n) is 7.26. The smallest absolute Gasteiger partial charge is 0.200 e. The van der Waals surface area contributed by atoms with Crippen molar-refractivity contribution in [3.8, 4) is 34.5 Å². The van der Waals surface area contributed by atoms with E-state index < -0.39 is 34.7 Å². The molecule has 0 saturated carbocycles. The van der Waals surface area contributed by atoms with Crippen LogP contribution in [-0.2, 0) is 0 Å². The van der Waals surface area contributed by atoms with Crippen molar-refractivity contribution in [3.05, 3.63) is 34.9 Å². The van der Waals surface area contributed by atoms with E-state index in [1.54, 1.807) is 6.92 Å². The molecule has 0 aromatic heterocycles. The lowest BCUT2D eigenvalue weighted by atomic mass is 9.90. The van der Waals surface area contributed by atoms with Crippen LogP contribution in [0.4, 0.5) is 0 Å². The average Bonchev–Trinajstić information content (AvgIpc) is 2.74. The highest BCUT2D eigenvalue weighted by Gasteiger charge is 2.43. The average molecular weight is 487 g/mol. The fourth-order valence-electron chi connectivity index (χ4n) is 3.71. The van der Waals surface area contributed by atoms with E-state index in [1.165, 1.54) is 29.6 Å². The summed E-state index contributed by atoms with van der Waals surface area (Å²) in [5, 5.41) is 79.2. The molecule has 0 saturated heterocycles. The Morgan fingerprint density at radius 1 is 0.906 bits per heavy atom. The lowest BCUT2D eigenvalue weighted by molar-refractivity contribution is 0.0165. The number of rotatable bonds is 8. The van der Waals surface area contributed by atoms with Crippen LogP contribution in [0.2, 0.25) is 0 Å². The Morgan fingerprint density at radius 2 is 1.53 bits per heavy atom. The van der Waals surface area contributed by atoms with Gasteiger partial charge < -0.3 is 45.6 Å². The molecule has 0 aliphatic carbocycles. The predicted octanol–water partition coefficient (Wildman–Crippen LogP) is 2.26. The van der Waals surface area contributed by atoms with E-state index in [1.807, 2.05) is 0 Å². The molecule has 1 aliphatic rings. The Hall–Kier alpha value is -2.18. The number of thioether (sulfide) groups is 2. The molecule has 1 heterocycles. The highest BCUT2D eigenvalue weighted by atomic mass is 32.2. The van der Waals surface area contributed by atoms with Crippen LogP contribution in [0, 0.1) is 0 Å². The molecule has 3 rings (SSSR count). The maximum Gasteiger partial charge on any atom is 0.200 e. The normalized spacial score (nSPS) is 21.1. The van der Waals surface area contributed by atoms with Crippen molar-refractivity contribution in [2.45, 2.75) is 29.6 Å². The number of aliphatic hydroxyl groups excluding tert-OH is 3. The number of aliphatic hydroxyl groups is 3. The first kappa shape index (κ1) is 24.5. The maximum absolute atomic E-state index is 11.1. The van der Waals surface area contributed by atoms with E-state index in [0.717, 1.165) is 12.1 Å². The van der Waals surface area contributed by atoms with Gasteiger partial charge in [-0.2, -0.15) is 11.8 Å². The van der Waals surface area contributed by atoms with Crippen molar-refractivity contribution in [1.29, 1.82) is 0 Å². The molecular formula is C21H26O9S2. The van der Waals surface area contributed by atoms with Crippen LogP contribution in [-0.4, -0.2) is 71.7 Å². The van der Waals surface area contributed by atoms with E-state index in [2.05, 4.69) is 0 Å². The largest absolute Gasteiger partial charge is 0.507 e. The highest BCUT2D eigenvalue weighted by molar-refractivity contribution is 7.99. The third kappa shape index (κ3) is 4.62. The van der Waals surface area contributed by atoms with Gasteiger partial charge in [0.1, 0.15) is 23.4 Å². The summed E-state index contributed by atoms with van der Waals surface area (Å²) >= 11 is 2.53. The van der Waals surface area contributed by atoms with Crippen molar-refractivity contribution in [1.82, 2.24) is 0 Å². The minimum Gasteiger partial charge on any atom is -0.507 e. The number of aromatic hydroxyl groups is 5. The molecule has 0 amide bonds. The van der Waals surface area contributed by atoms with Gasteiger partial charge in [0.2, 0.25) is 0 Å². The molecule has 0 spiro atoms. The van der Waals surface area contributed by atoms with E-state index in [-0.39, 0.29) is 52.6 Å². The molecule has 11 heteroatoms. The Bertz CT molecular complexity index is 946. The fraction of sp³-hybridized carbons (Fsp3) is 0.429. The van der Waals surface area contributed by atoms with Gasteiger partial charge in [0.15, 0.2) is 23.4 Å². The summed E-state index contributed by atoms with van der Waals surface area (Å²) in [5.74, 6) is -1.66. The summed E-state index contributed by atoms with van der Waals surface area (Å²) in [4.78, 5) is 0. The standard InChI is InChI=1S/C21H26O9S2/c1-9(31-4-2-22)15-11(24)8-12(25)16-20(15)30-19(18(29)21(16)32-5-3-23)10-6-13(26)17(28)14(27)7-10/h6-9,18-19,21-29H,2-5H2,1H3. The zero-order valence-electron chi connectivity index (χ0n) is 17.2. The van der Waals surface area contributed by atoms with Crippen molar-refractivity contribution < 1.29 is 45.6 Å². The van der Waals surface area contributed by atoms with Gasteiger partial charge >= 0.3 is 0 Å². The molecule has 1 aliphatic heterocycles. The molecule has 0 fully saturated rings. The molecular weight excluding hydrogens is 460 g/mol. The van der Waals surface area contributed by atoms with Gasteiger partial charge in [0.05, 0.1) is 24.0 Å². The van der Waals surface area contributed by atoms with Gasteiger partial charge in [-0.1, -0.05) is 0 Å². The van der Waals surface area contributed by atoms with Crippen LogP contribution in [0.15, 0.2) is 18.2 Å². The number of phenols is 5. The molecule has 2 aromatic carbocycles. The zero-order chi connectivity index (χ0) is 23.6. The summed E-state index contributed by atoms with van der Waals surface area (Å²) in [6.45, 7) is 1.55. The second-order valence-corrected chi connectivity index (χ2v) is 9.96. The first-order valence-electron chi connectivity index (χ1n) is 9.84. The molecule has 32 heavy (non-hydrogen) atoms. The topological polar surface area (TPSA) is 171 Å². The summed E-state index contributed by atoms with van der Waals surface area (Å²) in [7, 11) is 0. The quantitative estimate of drug-likeness (QED) is 0.257. The summed E-state index contributed by atoms with van der Waals surface area (Å²) in [5.41, 5.74) is 0.772. The number of fused-ring (bicyclic) bond motifs is 1. The van der Waals surface area contributed by atoms with Crippen LogP contribution in [0.3, 0.4) is 0 Å². The molecule has 4 atom stereocenters. The predicted molar refractivity (Wildman–Crippen MR) is 121 cm³/mol.